The summed E-state index contributed by atoms with van der Waals surface area (Å²) in [5, 5.41) is 2.87. The number of nitrogens with zero attached hydrogens (tertiary/aromatic N) is 1. The molecule has 1 aliphatic rings. The van der Waals surface area contributed by atoms with Crippen molar-refractivity contribution in [3.8, 4) is 0 Å². The average molecular weight is 236 g/mol. The summed E-state index contributed by atoms with van der Waals surface area (Å²) in [5.41, 5.74) is 1.85. The molecule has 1 aromatic rings. The van der Waals surface area contributed by atoms with Crippen LogP contribution in [0.2, 0.25) is 0 Å². The predicted molar refractivity (Wildman–Crippen MR) is 68.8 cm³/mol. The molecular formula is C13H20N2O2. The Bertz CT molecular complexity index is 366. The first-order valence-electron chi connectivity index (χ1n) is 6.03. The normalized spacial score (nSPS) is 14.8. The Labute approximate surface area is 103 Å². The molecule has 0 fully saturated rings. The van der Waals surface area contributed by atoms with Crippen LogP contribution in [0.4, 0.5) is 10.5 Å². The lowest BCUT2D eigenvalue weighted by atomic mass is 10.2. The molecule has 0 aromatic heterocycles. The summed E-state index contributed by atoms with van der Waals surface area (Å²) in [5.74, 6) is 0. The van der Waals surface area contributed by atoms with Gasteiger partial charge >= 0.3 is 6.03 Å². The number of rotatable bonds is 1. The summed E-state index contributed by atoms with van der Waals surface area (Å²) < 4.78 is 5.44. The second-order valence-corrected chi connectivity index (χ2v) is 3.42. The number of amides is 2. The Hall–Kier alpha value is -1.55. The molecule has 0 saturated carbocycles. The van der Waals surface area contributed by atoms with Gasteiger partial charge in [-0.3, -0.25) is 0 Å². The van der Waals surface area contributed by atoms with Crippen molar-refractivity contribution in [1.29, 1.82) is 0 Å². The molecule has 1 aromatic carbocycles. The highest BCUT2D eigenvalue weighted by molar-refractivity contribution is 5.90. The number of nitrogens with one attached hydrogen (secondary N) is 1. The minimum Gasteiger partial charge on any atom is -0.356 e. The molecule has 0 radical (unpaired) electrons. The lowest BCUT2D eigenvalue weighted by molar-refractivity contribution is 0.0414. The minimum atomic E-state index is -0.107. The maximum Gasteiger partial charge on any atom is 0.323 e. The molecule has 4 heteroatoms. The first-order chi connectivity index (χ1) is 8.31. The quantitative estimate of drug-likeness (QED) is 0.814. The highest BCUT2D eigenvalue weighted by Crippen LogP contribution is 2.18. The fourth-order valence-electron chi connectivity index (χ4n) is 1.52. The van der Waals surface area contributed by atoms with E-state index < -0.39 is 0 Å². The van der Waals surface area contributed by atoms with Crippen molar-refractivity contribution in [2.45, 2.75) is 27.4 Å². The van der Waals surface area contributed by atoms with Gasteiger partial charge in [-0.1, -0.05) is 32.0 Å². The van der Waals surface area contributed by atoms with E-state index in [1.54, 1.807) is 4.90 Å². The van der Waals surface area contributed by atoms with Crippen molar-refractivity contribution in [3.63, 3.8) is 0 Å². The van der Waals surface area contributed by atoms with Crippen molar-refractivity contribution in [2.75, 3.05) is 18.6 Å². The maximum absolute atomic E-state index is 11.7. The molecule has 0 aliphatic carbocycles. The van der Waals surface area contributed by atoms with Crippen LogP contribution in [-0.2, 0) is 11.3 Å². The van der Waals surface area contributed by atoms with E-state index in [2.05, 4.69) is 5.32 Å². The summed E-state index contributed by atoms with van der Waals surface area (Å²) in [6, 6.07) is 7.57. The van der Waals surface area contributed by atoms with Gasteiger partial charge < -0.3 is 15.0 Å². The SMILES string of the molecule is CC.CCN1COCc2ccccc2NC1=O. The third-order valence-corrected chi connectivity index (χ3v) is 2.43. The number of hydrogen-bond acceptors (Lipinski definition) is 2. The van der Waals surface area contributed by atoms with Gasteiger partial charge in [0.15, 0.2) is 0 Å². The first kappa shape index (κ1) is 13.5. The largest absolute Gasteiger partial charge is 0.356 e. The van der Waals surface area contributed by atoms with Gasteiger partial charge in [-0.05, 0) is 13.0 Å². The monoisotopic (exact) mass is 236 g/mol. The predicted octanol–water partition coefficient (Wildman–Crippen LogP) is 3.05. The van der Waals surface area contributed by atoms with Gasteiger partial charge in [0.2, 0.25) is 0 Å². The van der Waals surface area contributed by atoms with E-state index >= 15 is 0 Å². The smallest absolute Gasteiger partial charge is 0.323 e. The van der Waals surface area contributed by atoms with Crippen LogP contribution in [0.25, 0.3) is 0 Å². The van der Waals surface area contributed by atoms with Crippen LogP contribution in [0.1, 0.15) is 26.3 Å². The number of carbonyl (C=O) groups excluding carboxylic acids is 1. The zero-order valence-electron chi connectivity index (χ0n) is 10.7. The van der Waals surface area contributed by atoms with Gasteiger partial charge in [-0.2, -0.15) is 0 Å². The van der Waals surface area contributed by atoms with E-state index in [0.29, 0.717) is 19.9 Å². The van der Waals surface area contributed by atoms with Crippen LogP contribution >= 0.6 is 0 Å². The summed E-state index contributed by atoms with van der Waals surface area (Å²) in [6.45, 7) is 7.45. The van der Waals surface area contributed by atoms with Crippen LogP contribution in [0, 0.1) is 0 Å². The number of benzene rings is 1. The number of para-hydroxylation sites is 1. The molecular weight excluding hydrogens is 216 g/mol. The Morgan fingerprint density at radius 2 is 2.06 bits per heavy atom. The molecule has 0 atom stereocenters. The third kappa shape index (κ3) is 3.46. The first-order valence-corrected chi connectivity index (χ1v) is 6.03. The van der Waals surface area contributed by atoms with Crippen LogP contribution in [0.5, 0.6) is 0 Å². The number of ether oxygens (including phenoxy) is 1. The van der Waals surface area contributed by atoms with Crippen LogP contribution < -0.4 is 5.32 Å². The zero-order chi connectivity index (χ0) is 12.7. The van der Waals surface area contributed by atoms with E-state index in [1.165, 1.54) is 0 Å². The van der Waals surface area contributed by atoms with Crippen molar-refractivity contribution < 1.29 is 9.53 Å². The van der Waals surface area contributed by atoms with Crippen molar-refractivity contribution in [2.24, 2.45) is 0 Å². The van der Waals surface area contributed by atoms with Gasteiger partial charge in [0.05, 0.1) is 6.61 Å². The fraction of sp³-hybridized carbons (Fsp3) is 0.462. The van der Waals surface area contributed by atoms with E-state index in [1.807, 2.05) is 45.0 Å². The number of hydrogen-bond donors (Lipinski definition) is 1. The molecule has 2 amide bonds. The number of anilines is 1. The molecule has 0 bridgehead atoms. The van der Waals surface area contributed by atoms with E-state index in [0.717, 1.165) is 11.3 Å². The van der Waals surface area contributed by atoms with Crippen LogP contribution in [-0.4, -0.2) is 24.2 Å². The molecule has 4 nitrogen and oxygen atoms in total. The molecule has 1 aliphatic heterocycles. The standard InChI is InChI=1S/C11H14N2O2.C2H6/c1-2-13-8-15-7-9-5-3-4-6-10(9)12-11(13)14;1-2/h3-6H,2,7-8H2,1H3,(H,12,14);1-2H3. The van der Waals surface area contributed by atoms with Gasteiger partial charge in [0.1, 0.15) is 6.73 Å². The highest BCUT2D eigenvalue weighted by atomic mass is 16.5. The second-order valence-electron chi connectivity index (χ2n) is 3.42. The lowest BCUT2D eigenvalue weighted by Gasteiger charge is -2.25. The summed E-state index contributed by atoms with van der Waals surface area (Å²) >= 11 is 0. The van der Waals surface area contributed by atoms with Crippen molar-refractivity contribution in [1.82, 2.24) is 4.90 Å². The van der Waals surface area contributed by atoms with E-state index in [9.17, 15) is 4.79 Å². The third-order valence-electron chi connectivity index (χ3n) is 2.43. The molecule has 2 rings (SSSR count). The number of fused-ring (bicyclic) bond motifs is 1. The average Bonchev–Trinajstić information content (AvgIpc) is 2.36. The maximum atomic E-state index is 11.7. The zero-order valence-corrected chi connectivity index (χ0v) is 10.7. The molecule has 94 valence electrons. The van der Waals surface area contributed by atoms with Gasteiger partial charge in [-0.25, -0.2) is 4.79 Å². The topological polar surface area (TPSA) is 41.6 Å². The van der Waals surface area contributed by atoms with Crippen LogP contribution in [0.3, 0.4) is 0 Å². The Morgan fingerprint density at radius 1 is 1.35 bits per heavy atom. The number of carbonyl (C=O) groups is 1. The van der Waals surface area contributed by atoms with Crippen LogP contribution in [0.15, 0.2) is 24.3 Å². The molecule has 17 heavy (non-hydrogen) atoms. The molecule has 1 N–H and O–H groups in total. The Morgan fingerprint density at radius 3 is 2.76 bits per heavy atom. The Balaban J connectivity index is 0.000000686. The summed E-state index contributed by atoms with van der Waals surface area (Å²) in [6.07, 6.45) is 0. The molecule has 0 saturated heterocycles. The number of urea groups is 1. The van der Waals surface area contributed by atoms with Crippen molar-refractivity contribution in [3.05, 3.63) is 29.8 Å². The minimum absolute atomic E-state index is 0.107. The Kier molecular flexibility index (Phi) is 5.49. The van der Waals surface area contributed by atoms with Crippen molar-refractivity contribution >= 4 is 11.7 Å². The molecule has 0 spiro atoms. The van der Waals surface area contributed by atoms with E-state index in [4.69, 9.17) is 4.74 Å². The van der Waals surface area contributed by atoms with Gasteiger partial charge in [-0.15, -0.1) is 0 Å². The summed E-state index contributed by atoms with van der Waals surface area (Å²) in [4.78, 5) is 13.3. The lowest BCUT2D eigenvalue weighted by Crippen LogP contribution is -2.38. The van der Waals surface area contributed by atoms with Gasteiger partial charge in [0.25, 0.3) is 0 Å². The molecule has 1 heterocycles. The summed E-state index contributed by atoms with van der Waals surface area (Å²) in [7, 11) is 0. The van der Waals surface area contributed by atoms with E-state index in [-0.39, 0.29) is 6.03 Å². The second kappa shape index (κ2) is 6.91. The fourth-order valence-corrected chi connectivity index (χ4v) is 1.52. The highest BCUT2D eigenvalue weighted by Gasteiger charge is 2.16. The molecule has 0 unspecified atom stereocenters. The van der Waals surface area contributed by atoms with Gasteiger partial charge in [0, 0.05) is 17.8 Å².